The molecule has 20 heavy (non-hydrogen) atoms. The average molecular weight is 276 g/mol. The van der Waals surface area contributed by atoms with E-state index in [1.165, 1.54) is 11.6 Å². The summed E-state index contributed by atoms with van der Waals surface area (Å²) in [6.45, 7) is 2.09. The Labute approximate surface area is 117 Å². The molecule has 1 fully saturated rings. The molecule has 0 bridgehead atoms. The van der Waals surface area contributed by atoms with Gasteiger partial charge in [-0.3, -0.25) is 13.9 Å². The molecule has 108 valence electrons. The Bertz CT molecular complexity index is 672. The minimum Gasteiger partial charge on any atom is -0.365 e. The van der Waals surface area contributed by atoms with Crippen LogP contribution in [0.3, 0.4) is 0 Å². The largest absolute Gasteiger partial charge is 0.365 e. The second kappa shape index (κ2) is 5.16. The van der Waals surface area contributed by atoms with E-state index in [0.29, 0.717) is 5.82 Å². The third-order valence-electron chi connectivity index (χ3n) is 4.40. The van der Waals surface area contributed by atoms with Crippen LogP contribution in [0.4, 0.5) is 5.82 Å². The molecule has 0 saturated heterocycles. The molecule has 0 aromatic carbocycles. The summed E-state index contributed by atoms with van der Waals surface area (Å²) in [5.74, 6) is 0.351. The first-order valence-electron chi connectivity index (χ1n) is 6.94. The number of hydrogen-bond acceptors (Lipinski definition) is 4. The second-order valence-electron chi connectivity index (χ2n) is 5.51. The van der Waals surface area contributed by atoms with Crippen molar-refractivity contribution in [3.8, 4) is 6.07 Å². The first kappa shape index (κ1) is 14.4. The lowest BCUT2D eigenvalue weighted by atomic mass is 9.94. The summed E-state index contributed by atoms with van der Waals surface area (Å²) in [7, 11) is 2.98. The monoisotopic (exact) mass is 276 g/mol. The van der Waals surface area contributed by atoms with Gasteiger partial charge in [0, 0.05) is 19.6 Å². The molecule has 1 saturated carbocycles. The summed E-state index contributed by atoms with van der Waals surface area (Å²) in [4.78, 5) is 24.1. The molecule has 0 radical (unpaired) electrons. The number of nitriles is 1. The highest BCUT2D eigenvalue weighted by atomic mass is 16.2. The van der Waals surface area contributed by atoms with Gasteiger partial charge < -0.3 is 5.32 Å². The normalized spacial score (nSPS) is 16.9. The molecule has 0 amide bonds. The van der Waals surface area contributed by atoms with Gasteiger partial charge in [-0.1, -0.05) is 19.8 Å². The molecule has 1 aliphatic rings. The molecule has 1 aromatic rings. The lowest BCUT2D eigenvalue weighted by Gasteiger charge is -2.31. The minimum absolute atomic E-state index is 0.00863. The van der Waals surface area contributed by atoms with Crippen molar-refractivity contribution in [2.24, 2.45) is 14.1 Å². The fourth-order valence-corrected chi connectivity index (χ4v) is 2.96. The predicted octanol–water partition coefficient (Wildman–Crippen LogP) is 1.09. The van der Waals surface area contributed by atoms with Crippen LogP contribution in [0, 0.1) is 11.3 Å². The van der Waals surface area contributed by atoms with Gasteiger partial charge >= 0.3 is 5.69 Å². The molecule has 6 heteroatoms. The van der Waals surface area contributed by atoms with Crippen molar-refractivity contribution in [2.45, 2.75) is 44.6 Å². The van der Waals surface area contributed by atoms with Gasteiger partial charge in [0.1, 0.15) is 11.9 Å². The maximum atomic E-state index is 12.0. The van der Waals surface area contributed by atoms with Crippen molar-refractivity contribution in [3.63, 3.8) is 0 Å². The number of nitrogens with zero attached hydrogens (tertiary/aromatic N) is 3. The van der Waals surface area contributed by atoms with E-state index in [1.54, 1.807) is 7.05 Å². The van der Waals surface area contributed by atoms with Crippen molar-refractivity contribution in [1.82, 2.24) is 9.13 Å². The highest BCUT2D eigenvalue weighted by Gasteiger charge is 2.33. The summed E-state index contributed by atoms with van der Waals surface area (Å²) >= 11 is 0. The zero-order chi connectivity index (χ0) is 14.9. The number of rotatable bonds is 3. The van der Waals surface area contributed by atoms with E-state index in [9.17, 15) is 14.9 Å². The highest BCUT2D eigenvalue weighted by molar-refractivity contribution is 5.53. The third-order valence-corrected chi connectivity index (χ3v) is 4.40. The fraction of sp³-hybridized carbons (Fsp3) is 0.643. The number of anilines is 1. The Morgan fingerprint density at radius 3 is 2.35 bits per heavy atom. The van der Waals surface area contributed by atoms with Gasteiger partial charge in [-0.2, -0.15) is 5.26 Å². The van der Waals surface area contributed by atoms with Crippen LogP contribution in [0.25, 0.3) is 0 Å². The molecule has 1 heterocycles. The van der Waals surface area contributed by atoms with Crippen molar-refractivity contribution < 1.29 is 0 Å². The Kier molecular flexibility index (Phi) is 3.71. The lowest BCUT2D eigenvalue weighted by Crippen LogP contribution is -2.43. The molecule has 0 atom stereocenters. The summed E-state index contributed by atoms with van der Waals surface area (Å²) < 4.78 is 2.33. The van der Waals surface area contributed by atoms with Crippen LogP contribution in [0.5, 0.6) is 0 Å². The Morgan fingerprint density at radius 2 is 1.85 bits per heavy atom. The molecule has 1 N–H and O–H groups in total. The second-order valence-corrected chi connectivity index (χ2v) is 5.51. The molecule has 1 aliphatic carbocycles. The predicted molar refractivity (Wildman–Crippen MR) is 76.8 cm³/mol. The Morgan fingerprint density at radius 1 is 1.25 bits per heavy atom. The highest BCUT2D eigenvalue weighted by Crippen LogP contribution is 2.35. The smallest absolute Gasteiger partial charge is 0.332 e. The van der Waals surface area contributed by atoms with E-state index in [0.717, 1.165) is 36.7 Å². The van der Waals surface area contributed by atoms with Gasteiger partial charge in [-0.15, -0.1) is 0 Å². The molecular weight excluding hydrogens is 256 g/mol. The zero-order valence-corrected chi connectivity index (χ0v) is 12.2. The maximum absolute atomic E-state index is 12.0. The van der Waals surface area contributed by atoms with Gasteiger partial charge in [0.05, 0.1) is 0 Å². The minimum atomic E-state index is -0.539. The number of hydrogen-bond donors (Lipinski definition) is 1. The van der Waals surface area contributed by atoms with Crippen LogP contribution < -0.4 is 16.6 Å². The van der Waals surface area contributed by atoms with E-state index in [2.05, 4.69) is 12.2 Å². The SMILES string of the molecule is CCC1(Nc2c(C#N)c(=O)n(C)c(=O)n2C)CCCC1. The van der Waals surface area contributed by atoms with E-state index < -0.39 is 11.2 Å². The molecule has 2 rings (SSSR count). The van der Waals surface area contributed by atoms with E-state index in [1.807, 2.05) is 6.07 Å². The van der Waals surface area contributed by atoms with E-state index in [4.69, 9.17) is 0 Å². The first-order chi connectivity index (χ1) is 9.45. The van der Waals surface area contributed by atoms with Crippen LogP contribution in [0.1, 0.15) is 44.6 Å². The lowest BCUT2D eigenvalue weighted by molar-refractivity contribution is 0.458. The Balaban J connectivity index is 2.60. The van der Waals surface area contributed by atoms with E-state index >= 15 is 0 Å². The maximum Gasteiger partial charge on any atom is 0.332 e. The number of nitrogens with one attached hydrogen (secondary N) is 1. The fourth-order valence-electron chi connectivity index (χ4n) is 2.96. The molecule has 1 aromatic heterocycles. The molecule has 0 spiro atoms. The van der Waals surface area contributed by atoms with Gasteiger partial charge in [0.25, 0.3) is 5.56 Å². The van der Waals surface area contributed by atoms with Crippen LogP contribution >= 0.6 is 0 Å². The summed E-state index contributed by atoms with van der Waals surface area (Å²) in [6.07, 6.45) is 5.15. The topological polar surface area (TPSA) is 79.8 Å². The van der Waals surface area contributed by atoms with Crippen LogP contribution in [0.2, 0.25) is 0 Å². The van der Waals surface area contributed by atoms with Crippen molar-refractivity contribution >= 4 is 5.82 Å². The van der Waals surface area contributed by atoms with Crippen molar-refractivity contribution in [3.05, 3.63) is 26.4 Å². The van der Waals surface area contributed by atoms with Crippen molar-refractivity contribution in [1.29, 1.82) is 5.26 Å². The van der Waals surface area contributed by atoms with Gasteiger partial charge in [-0.05, 0) is 19.3 Å². The molecule has 0 aliphatic heterocycles. The van der Waals surface area contributed by atoms with E-state index in [-0.39, 0.29) is 11.1 Å². The quantitative estimate of drug-likeness (QED) is 0.896. The van der Waals surface area contributed by atoms with Crippen LogP contribution in [-0.4, -0.2) is 14.7 Å². The zero-order valence-electron chi connectivity index (χ0n) is 12.2. The summed E-state index contributed by atoms with van der Waals surface area (Å²) in [6, 6.07) is 1.93. The molecule has 0 unspecified atom stereocenters. The molecule has 6 nitrogen and oxygen atoms in total. The first-order valence-corrected chi connectivity index (χ1v) is 6.94. The van der Waals surface area contributed by atoms with Crippen molar-refractivity contribution in [2.75, 3.05) is 5.32 Å². The van der Waals surface area contributed by atoms with Gasteiger partial charge in [-0.25, -0.2) is 4.79 Å². The molecular formula is C14H20N4O2. The standard InChI is InChI=1S/C14H20N4O2/c1-4-14(7-5-6-8-14)16-11-10(9-15)12(19)18(3)13(20)17(11)2/h16H,4-8H2,1-3H3. The third kappa shape index (κ3) is 2.13. The van der Waals surface area contributed by atoms with Crippen LogP contribution in [0.15, 0.2) is 9.59 Å². The van der Waals surface area contributed by atoms with Gasteiger partial charge in [0.15, 0.2) is 5.56 Å². The average Bonchev–Trinajstić information content (AvgIpc) is 2.92. The van der Waals surface area contributed by atoms with Gasteiger partial charge in [0.2, 0.25) is 0 Å². The Hall–Kier alpha value is -2.03. The number of aromatic nitrogens is 2. The van der Waals surface area contributed by atoms with Crippen LogP contribution in [-0.2, 0) is 14.1 Å². The summed E-state index contributed by atoms with van der Waals surface area (Å²) in [5.41, 5.74) is -1.06. The summed E-state index contributed by atoms with van der Waals surface area (Å²) in [5, 5.41) is 12.6.